The van der Waals surface area contributed by atoms with Crippen LogP contribution in [0.25, 0.3) is 27.9 Å². The van der Waals surface area contributed by atoms with E-state index in [4.69, 9.17) is 11.6 Å². The Morgan fingerprint density at radius 2 is 2.12 bits per heavy atom. The molecule has 0 saturated carbocycles. The topological polar surface area (TPSA) is 114 Å². The number of aromatic nitrogens is 6. The first-order valence-electron chi connectivity index (χ1n) is 9.97. The summed E-state index contributed by atoms with van der Waals surface area (Å²) in [6.45, 7) is 3.48. The zero-order valence-corrected chi connectivity index (χ0v) is 17.6. The van der Waals surface area contributed by atoms with Crippen molar-refractivity contribution < 1.29 is 9.32 Å². The fraction of sp³-hybridized carbons (Fsp3) is 0.190. The zero-order valence-electron chi connectivity index (χ0n) is 16.9. The molecule has 0 spiro atoms. The van der Waals surface area contributed by atoms with Crippen LogP contribution in [-0.4, -0.2) is 46.7 Å². The molecule has 6 rings (SSSR count). The Balaban J connectivity index is 1.40. The Morgan fingerprint density at radius 1 is 1.25 bits per heavy atom. The zero-order chi connectivity index (χ0) is 22.0. The molecule has 1 aromatic carbocycles. The SMILES string of the molecule is Cc1cc(C(=O)N2CCn3c(cc4c(Cl)cccc43)C2)n2ncc(-c3noc(=O)[nH]3)c2n1. The van der Waals surface area contributed by atoms with Gasteiger partial charge in [0.05, 0.1) is 18.3 Å². The largest absolute Gasteiger partial charge is 0.439 e. The molecule has 0 fully saturated rings. The average molecular weight is 450 g/mol. The van der Waals surface area contributed by atoms with Crippen molar-refractivity contribution >= 4 is 34.1 Å². The quantitative estimate of drug-likeness (QED) is 0.443. The summed E-state index contributed by atoms with van der Waals surface area (Å²) in [5.41, 5.74) is 4.01. The van der Waals surface area contributed by atoms with Crippen molar-refractivity contribution in [1.82, 2.24) is 34.2 Å². The van der Waals surface area contributed by atoms with Crippen LogP contribution in [0.5, 0.6) is 0 Å². The molecule has 5 heterocycles. The van der Waals surface area contributed by atoms with Gasteiger partial charge < -0.3 is 9.47 Å². The molecule has 11 heteroatoms. The predicted octanol–water partition coefficient (Wildman–Crippen LogP) is 2.65. The highest BCUT2D eigenvalue weighted by Crippen LogP contribution is 2.30. The lowest BCUT2D eigenvalue weighted by molar-refractivity contribution is 0.0703. The van der Waals surface area contributed by atoms with Gasteiger partial charge in [-0.1, -0.05) is 22.8 Å². The van der Waals surface area contributed by atoms with Crippen molar-refractivity contribution in [1.29, 1.82) is 0 Å². The van der Waals surface area contributed by atoms with E-state index in [1.54, 1.807) is 17.9 Å². The molecule has 160 valence electrons. The van der Waals surface area contributed by atoms with Crippen LogP contribution in [-0.2, 0) is 13.1 Å². The van der Waals surface area contributed by atoms with Crippen LogP contribution in [0.1, 0.15) is 21.9 Å². The van der Waals surface area contributed by atoms with E-state index in [9.17, 15) is 9.59 Å². The number of carbonyl (C=O) groups is 1. The second-order valence-corrected chi connectivity index (χ2v) is 8.11. The minimum absolute atomic E-state index is 0.161. The summed E-state index contributed by atoms with van der Waals surface area (Å²) in [5, 5.41) is 9.73. The summed E-state index contributed by atoms with van der Waals surface area (Å²) in [5.74, 6) is -0.626. The first-order valence-corrected chi connectivity index (χ1v) is 10.3. The van der Waals surface area contributed by atoms with Crippen LogP contribution in [0.3, 0.4) is 0 Å². The molecule has 0 radical (unpaired) electrons. The lowest BCUT2D eigenvalue weighted by Crippen LogP contribution is -2.39. The molecule has 5 aromatic rings. The number of aryl methyl sites for hydroxylation is 1. The van der Waals surface area contributed by atoms with Crippen molar-refractivity contribution in [3.05, 3.63) is 69.2 Å². The van der Waals surface area contributed by atoms with E-state index in [0.29, 0.717) is 47.3 Å². The van der Waals surface area contributed by atoms with Gasteiger partial charge in [-0.3, -0.25) is 14.3 Å². The van der Waals surface area contributed by atoms with Gasteiger partial charge in [0.2, 0.25) is 0 Å². The smallest absolute Gasteiger partial charge is 0.341 e. The molecular weight excluding hydrogens is 434 g/mol. The van der Waals surface area contributed by atoms with Crippen molar-refractivity contribution in [2.45, 2.75) is 20.0 Å². The molecule has 4 aromatic heterocycles. The van der Waals surface area contributed by atoms with Crippen molar-refractivity contribution in [3.63, 3.8) is 0 Å². The van der Waals surface area contributed by atoms with E-state index in [1.807, 2.05) is 24.3 Å². The summed E-state index contributed by atoms with van der Waals surface area (Å²) in [4.78, 5) is 33.6. The number of fused-ring (bicyclic) bond motifs is 4. The van der Waals surface area contributed by atoms with Crippen LogP contribution in [0.2, 0.25) is 5.02 Å². The van der Waals surface area contributed by atoms with Crippen LogP contribution < -0.4 is 5.76 Å². The van der Waals surface area contributed by atoms with E-state index >= 15 is 0 Å². The molecule has 0 saturated heterocycles. The number of nitrogens with zero attached hydrogens (tertiary/aromatic N) is 6. The number of H-pyrrole nitrogens is 1. The number of hydrogen-bond donors (Lipinski definition) is 1. The van der Waals surface area contributed by atoms with Gasteiger partial charge in [-0.05, 0) is 31.2 Å². The first kappa shape index (κ1) is 18.8. The maximum absolute atomic E-state index is 13.5. The first-order chi connectivity index (χ1) is 15.5. The Morgan fingerprint density at radius 3 is 2.94 bits per heavy atom. The number of benzene rings is 1. The van der Waals surface area contributed by atoms with Gasteiger partial charge >= 0.3 is 5.76 Å². The van der Waals surface area contributed by atoms with Crippen LogP contribution in [0.4, 0.5) is 0 Å². The monoisotopic (exact) mass is 449 g/mol. The number of aromatic amines is 1. The average Bonchev–Trinajstić information content (AvgIpc) is 3.49. The molecule has 0 unspecified atom stereocenters. The number of nitrogens with one attached hydrogen (secondary N) is 1. The highest BCUT2D eigenvalue weighted by molar-refractivity contribution is 6.35. The third-order valence-electron chi connectivity index (χ3n) is 5.73. The fourth-order valence-electron chi connectivity index (χ4n) is 4.28. The maximum atomic E-state index is 13.5. The highest BCUT2D eigenvalue weighted by Gasteiger charge is 2.27. The second-order valence-electron chi connectivity index (χ2n) is 7.71. The molecule has 0 bridgehead atoms. The van der Waals surface area contributed by atoms with Gasteiger partial charge in [-0.15, -0.1) is 0 Å². The maximum Gasteiger partial charge on any atom is 0.439 e. The molecule has 0 atom stereocenters. The van der Waals surface area contributed by atoms with Crippen molar-refractivity contribution in [3.8, 4) is 11.4 Å². The van der Waals surface area contributed by atoms with E-state index < -0.39 is 5.76 Å². The van der Waals surface area contributed by atoms with Crippen LogP contribution in [0.15, 0.2) is 45.8 Å². The predicted molar refractivity (Wildman–Crippen MR) is 116 cm³/mol. The van der Waals surface area contributed by atoms with Gasteiger partial charge in [0.1, 0.15) is 5.69 Å². The second kappa shape index (κ2) is 6.79. The third kappa shape index (κ3) is 2.76. The van der Waals surface area contributed by atoms with E-state index in [-0.39, 0.29) is 11.7 Å². The number of hydrogen-bond acceptors (Lipinski definition) is 6. The molecule has 1 aliphatic heterocycles. The summed E-state index contributed by atoms with van der Waals surface area (Å²) >= 11 is 6.36. The number of rotatable bonds is 2. The molecule has 1 N–H and O–H groups in total. The Bertz CT molecular complexity index is 1590. The molecule has 10 nitrogen and oxygen atoms in total. The Hall–Kier alpha value is -3.92. The van der Waals surface area contributed by atoms with Gasteiger partial charge in [-0.2, -0.15) is 5.10 Å². The highest BCUT2D eigenvalue weighted by atomic mass is 35.5. The van der Waals surface area contributed by atoms with Crippen LogP contribution >= 0.6 is 11.6 Å². The summed E-state index contributed by atoms with van der Waals surface area (Å²) < 4.78 is 8.26. The Labute approximate surface area is 185 Å². The van der Waals surface area contributed by atoms with E-state index in [2.05, 4.69) is 29.3 Å². The molecule has 32 heavy (non-hydrogen) atoms. The summed E-state index contributed by atoms with van der Waals surface area (Å²) in [7, 11) is 0. The molecule has 1 aliphatic rings. The molecule has 0 aliphatic carbocycles. The number of carbonyl (C=O) groups excluding carboxylic acids is 1. The fourth-order valence-corrected chi connectivity index (χ4v) is 4.50. The lowest BCUT2D eigenvalue weighted by Gasteiger charge is -2.29. The molecule has 1 amide bonds. The lowest BCUT2D eigenvalue weighted by atomic mass is 10.2. The third-order valence-corrected chi connectivity index (χ3v) is 6.06. The van der Waals surface area contributed by atoms with Gasteiger partial charge in [0.25, 0.3) is 5.91 Å². The van der Waals surface area contributed by atoms with Gasteiger partial charge in [0, 0.05) is 40.4 Å². The minimum Gasteiger partial charge on any atom is -0.341 e. The van der Waals surface area contributed by atoms with Crippen molar-refractivity contribution in [2.75, 3.05) is 6.54 Å². The van der Waals surface area contributed by atoms with Gasteiger partial charge in [-0.25, -0.2) is 14.3 Å². The van der Waals surface area contributed by atoms with Crippen molar-refractivity contribution in [2.24, 2.45) is 0 Å². The van der Waals surface area contributed by atoms with E-state index in [0.717, 1.165) is 16.6 Å². The number of amides is 1. The van der Waals surface area contributed by atoms with Gasteiger partial charge in [0.15, 0.2) is 11.5 Å². The number of halogens is 1. The van der Waals surface area contributed by atoms with Crippen LogP contribution in [0, 0.1) is 6.92 Å². The summed E-state index contributed by atoms with van der Waals surface area (Å²) in [6, 6.07) is 9.59. The molecular formula is C21H16ClN7O3. The summed E-state index contributed by atoms with van der Waals surface area (Å²) in [6.07, 6.45) is 1.50. The minimum atomic E-state index is -0.674. The Kier molecular flexibility index (Phi) is 3.99. The normalized spacial score (nSPS) is 13.8. The van der Waals surface area contributed by atoms with E-state index in [1.165, 1.54) is 10.7 Å². The standard InChI is InChI=1S/C21H16ClN7O3/c1-11-7-17(29-19(24-11)14(9-23-29)18-25-21(31)32-26-18)20(30)27-5-6-28-12(10-27)8-13-15(22)3-2-4-16(13)28/h2-4,7-9H,5-6,10H2,1H3,(H,25,26,31).